The van der Waals surface area contributed by atoms with Gasteiger partial charge < -0.3 is 4.90 Å². The summed E-state index contributed by atoms with van der Waals surface area (Å²) >= 11 is 0. The Balaban J connectivity index is 2.20. The molecule has 0 radical (unpaired) electrons. The molecule has 0 bridgehead atoms. The molecule has 0 N–H and O–H groups in total. The first-order valence-corrected chi connectivity index (χ1v) is 6.18. The third-order valence-electron chi connectivity index (χ3n) is 3.11. The molecule has 1 amide bonds. The summed E-state index contributed by atoms with van der Waals surface area (Å²) < 4.78 is 0. The highest BCUT2D eigenvalue weighted by atomic mass is 16.2. The zero-order valence-corrected chi connectivity index (χ0v) is 11.3. The molecular weight excluding hydrogens is 234 g/mol. The number of amides is 1. The van der Waals surface area contributed by atoms with E-state index in [9.17, 15) is 4.79 Å². The van der Waals surface area contributed by atoms with Gasteiger partial charge in [-0.15, -0.1) is 0 Å². The van der Waals surface area contributed by atoms with Gasteiger partial charge in [-0.25, -0.2) is 0 Å². The summed E-state index contributed by atoms with van der Waals surface area (Å²) in [5.74, 6) is -0.0879. The van der Waals surface area contributed by atoms with E-state index in [1.54, 1.807) is 11.9 Å². The molecule has 0 heterocycles. The van der Waals surface area contributed by atoms with Crippen LogP contribution >= 0.6 is 0 Å². The van der Waals surface area contributed by atoms with E-state index in [1.807, 2.05) is 61.5 Å². The third-order valence-corrected chi connectivity index (χ3v) is 3.11. The number of likely N-dealkylation sites (N-methyl/N-ethyl adjacent to an activating group) is 1. The van der Waals surface area contributed by atoms with Gasteiger partial charge in [0.1, 0.15) is 0 Å². The maximum Gasteiger partial charge on any atom is 0.258 e. The lowest BCUT2D eigenvalue weighted by Gasteiger charge is -2.18. The van der Waals surface area contributed by atoms with Gasteiger partial charge in [-0.05, 0) is 24.6 Å². The Morgan fingerprint density at radius 1 is 1.00 bits per heavy atom. The van der Waals surface area contributed by atoms with Gasteiger partial charge in [-0.3, -0.25) is 4.79 Å². The highest BCUT2D eigenvalue weighted by Crippen LogP contribution is 2.19. The second-order valence-electron chi connectivity index (χ2n) is 4.54. The summed E-state index contributed by atoms with van der Waals surface area (Å²) in [4.78, 5) is 14.0. The van der Waals surface area contributed by atoms with Crippen LogP contribution in [0.4, 0.5) is 5.69 Å². The number of aryl methyl sites for hydroxylation is 1. The number of rotatable bonds is 3. The van der Waals surface area contributed by atoms with Crippen molar-refractivity contribution in [2.45, 2.75) is 6.92 Å². The minimum Gasteiger partial charge on any atom is -0.311 e. The van der Waals surface area contributed by atoms with E-state index < -0.39 is 0 Å². The van der Waals surface area contributed by atoms with Crippen LogP contribution in [-0.4, -0.2) is 13.0 Å². The van der Waals surface area contributed by atoms with Crippen molar-refractivity contribution in [3.8, 4) is 0 Å². The molecule has 2 rings (SSSR count). The van der Waals surface area contributed by atoms with Gasteiger partial charge in [0.15, 0.2) is 0 Å². The number of benzene rings is 2. The van der Waals surface area contributed by atoms with Crippen LogP contribution in [0.2, 0.25) is 0 Å². The molecule has 0 aliphatic carbocycles. The Kier molecular flexibility index (Phi) is 3.81. The van der Waals surface area contributed by atoms with E-state index in [0.717, 1.165) is 11.3 Å². The molecule has 0 saturated heterocycles. The number of carbonyl (C=O) groups excluding carboxylic acids is 1. The predicted octanol–water partition coefficient (Wildman–Crippen LogP) is 3.67. The van der Waals surface area contributed by atoms with E-state index >= 15 is 0 Å². The normalized spacial score (nSPS) is 10.0. The number of carbonyl (C=O) groups is 1. The molecule has 2 aromatic carbocycles. The summed E-state index contributed by atoms with van der Waals surface area (Å²) in [5.41, 5.74) is 3.39. The van der Waals surface area contributed by atoms with Gasteiger partial charge in [-0.2, -0.15) is 0 Å². The van der Waals surface area contributed by atoms with Crippen LogP contribution in [0.25, 0.3) is 5.57 Å². The quantitative estimate of drug-likeness (QED) is 0.762. The molecule has 0 unspecified atom stereocenters. The molecule has 0 aliphatic heterocycles. The van der Waals surface area contributed by atoms with Gasteiger partial charge in [0, 0.05) is 18.3 Å². The SMILES string of the molecule is C=C(C(=O)N(C)c1ccccc1)c1ccc(C)cc1. The van der Waals surface area contributed by atoms with Crippen LogP contribution in [0.1, 0.15) is 11.1 Å². The second kappa shape index (κ2) is 5.53. The lowest BCUT2D eigenvalue weighted by molar-refractivity contribution is -0.113. The van der Waals surface area contributed by atoms with E-state index in [-0.39, 0.29) is 5.91 Å². The van der Waals surface area contributed by atoms with Crippen molar-refractivity contribution in [3.05, 3.63) is 72.3 Å². The Morgan fingerprint density at radius 2 is 1.58 bits per heavy atom. The van der Waals surface area contributed by atoms with Crippen molar-refractivity contribution < 1.29 is 4.79 Å². The van der Waals surface area contributed by atoms with Gasteiger partial charge in [0.25, 0.3) is 5.91 Å². The third kappa shape index (κ3) is 2.91. The molecule has 2 heteroatoms. The Morgan fingerprint density at radius 3 is 2.16 bits per heavy atom. The van der Waals surface area contributed by atoms with Crippen molar-refractivity contribution in [1.82, 2.24) is 0 Å². The lowest BCUT2D eigenvalue weighted by Crippen LogP contribution is -2.26. The molecule has 0 atom stereocenters. The zero-order valence-electron chi connectivity index (χ0n) is 11.3. The lowest BCUT2D eigenvalue weighted by atomic mass is 10.0. The Labute approximate surface area is 114 Å². The van der Waals surface area contributed by atoms with E-state index in [2.05, 4.69) is 6.58 Å². The second-order valence-corrected chi connectivity index (χ2v) is 4.54. The molecule has 0 fully saturated rings. The van der Waals surface area contributed by atoms with Gasteiger partial charge >= 0.3 is 0 Å². The number of hydrogen-bond acceptors (Lipinski definition) is 1. The molecule has 96 valence electrons. The van der Waals surface area contributed by atoms with Crippen molar-refractivity contribution in [2.24, 2.45) is 0 Å². The molecule has 2 aromatic rings. The van der Waals surface area contributed by atoms with Crippen molar-refractivity contribution >= 4 is 17.2 Å². The van der Waals surface area contributed by atoms with Gasteiger partial charge in [-0.1, -0.05) is 54.6 Å². The monoisotopic (exact) mass is 251 g/mol. The molecule has 19 heavy (non-hydrogen) atoms. The van der Waals surface area contributed by atoms with E-state index in [4.69, 9.17) is 0 Å². The molecule has 0 spiro atoms. The fourth-order valence-corrected chi connectivity index (χ4v) is 1.85. The standard InChI is InChI=1S/C17H17NO/c1-13-9-11-15(12-10-13)14(2)17(19)18(3)16-7-5-4-6-8-16/h4-12H,2H2,1,3H3. The minimum atomic E-state index is -0.0879. The number of nitrogens with zero attached hydrogens (tertiary/aromatic N) is 1. The van der Waals surface area contributed by atoms with Gasteiger partial charge in [0.2, 0.25) is 0 Å². The minimum absolute atomic E-state index is 0.0879. The molecular formula is C17H17NO. The highest BCUT2D eigenvalue weighted by Gasteiger charge is 2.15. The largest absolute Gasteiger partial charge is 0.311 e. The predicted molar refractivity (Wildman–Crippen MR) is 80.1 cm³/mol. The summed E-state index contributed by atoms with van der Waals surface area (Å²) in [6, 6.07) is 17.4. The van der Waals surface area contributed by atoms with Crippen LogP contribution in [0.5, 0.6) is 0 Å². The highest BCUT2D eigenvalue weighted by molar-refractivity contribution is 6.25. The van der Waals surface area contributed by atoms with Gasteiger partial charge in [0.05, 0.1) is 0 Å². The average Bonchev–Trinajstić information content (AvgIpc) is 2.46. The summed E-state index contributed by atoms with van der Waals surface area (Å²) in [6.45, 7) is 5.93. The zero-order chi connectivity index (χ0) is 13.8. The molecule has 0 saturated carbocycles. The summed E-state index contributed by atoms with van der Waals surface area (Å²) in [5, 5.41) is 0. The maximum atomic E-state index is 12.4. The Bertz CT molecular complexity index is 584. The molecule has 0 aromatic heterocycles. The molecule has 2 nitrogen and oxygen atoms in total. The Hall–Kier alpha value is -2.35. The first kappa shape index (κ1) is 13.1. The summed E-state index contributed by atoms with van der Waals surface area (Å²) in [6.07, 6.45) is 0. The van der Waals surface area contributed by atoms with Crippen molar-refractivity contribution in [1.29, 1.82) is 0 Å². The van der Waals surface area contributed by atoms with Crippen LogP contribution in [0, 0.1) is 6.92 Å². The first-order valence-electron chi connectivity index (χ1n) is 6.18. The fraction of sp³-hybridized carbons (Fsp3) is 0.118. The number of para-hydroxylation sites is 1. The van der Waals surface area contributed by atoms with Crippen LogP contribution < -0.4 is 4.90 Å². The van der Waals surface area contributed by atoms with Crippen LogP contribution in [0.3, 0.4) is 0 Å². The average molecular weight is 251 g/mol. The smallest absolute Gasteiger partial charge is 0.258 e. The number of anilines is 1. The van der Waals surface area contributed by atoms with Crippen LogP contribution in [-0.2, 0) is 4.79 Å². The van der Waals surface area contributed by atoms with E-state index in [0.29, 0.717) is 5.57 Å². The molecule has 0 aliphatic rings. The van der Waals surface area contributed by atoms with Crippen molar-refractivity contribution in [2.75, 3.05) is 11.9 Å². The summed E-state index contributed by atoms with van der Waals surface area (Å²) in [7, 11) is 1.76. The van der Waals surface area contributed by atoms with E-state index in [1.165, 1.54) is 5.56 Å². The maximum absolute atomic E-state index is 12.4. The topological polar surface area (TPSA) is 20.3 Å². The first-order chi connectivity index (χ1) is 9.09. The van der Waals surface area contributed by atoms with Crippen LogP contribution in [0.15, 0.2) is 61.2 Å². The fourth-order valence-electron chi connectivity index (χ4n) is 1.85. The number of hydrogen-bond donors (Lipinski definition) is 0. The van der Waals surface area contributed by atoms with Crippen molar-refractivity contribution in [3.63, 3.8) is 0 Å².